The Morgan fingerprint density at radius 1 is 1.27 bits per heavy atom. The predicted molar refractivity (Wildman–Crippen MR) is 96.8 cm³/mol. The lowest BCUT2D eigenvalue weighted by Crippen LogP contribution is -2.47. The van der Waals surface area contributed by atoms with Gasteiger partial charge in [-0.3, -0.25) is 0 Å². The summed E-state index contributed by atoms with van der Waals surface area (Å²) in [5.41, 5.74) is -0.586. The summed E-state index contributed by atoms with van der Waals surface area (Å²) in [5.74, 6) is -0.667. The fourth-order valence-corrected chi connectivity index (χ4v) is 5.37. The molecule has 0 bridgehead atoms. The van der Waals surface area contributed by atoms with Crippen molar-refractivity contribution in [2.45, 2.75) is 50.2 Å². The monoisotopic (exact) mass is 404 g/mol. The van der Waals surface area contributed by atoms with Crippen LogP contribution in [0.25, 0.3) is 0 Å². The van der Waals surface area contributed by atoms with E-state index in [-0.39, 0.29) is 28.9 Å². The van der Waals surface area contributed by atoms with Crippen LogP contribution in [0.1, 0.15) is 43.3 Å². The molecule has 0 radical (unpaired) electrons. The van der Waals surface area contributed by atoms with Crippen molar-refractivity contribution in [1.29, 1.82) is 0 Å². The van der Waals surface area contributed by atoms with E-state index in [4.69, 9.17) is 4.74 Å². The number of hydrogen-bond donors (Lipinski definition) is 1. The lowest BCUT2D eigenvalue weighted by molar-refractivity contribution is 0.0488. The third-order valence-corrected chi connectivity index (χ3v) is 6.76. The van der Waals surface area contributed by atoms with Gasteiger partial charge < -0.3 is 14.8 Å². The first-order valence-corrected chi connectivity index (χ1v) is 10.5. The van der Waals surface area contributed by atoms with E-state index in [2.05, 4.69) is 10.1 Å². The van der Waals surface area contributed by atoms with Crippen LogP contribution in [-0.2, 0) is 19.5 Å². The largest absolute Gasteiger partial charge is 0.465 e. The predicted octanol–water partition coefficient (Wildman–Crippen LogP) is 2.21. The van der Waals surface area contributed by atoms with Gasteiger partial charge in [0.1, 0.15) is 15.4 Å². The third-order valence-electron chi connectivity index (χ3n) is 3.79. The molecule has 2 rings (SSSR count). The zero-order valence-electron chi connectivity index (χ0n) is 15.3. The molecule has 1 aromatic rings. The fraction of sp³-hybridized carbons (Fsp3) is 0.625. The van der Waals surface area contributed by atoms with Crippen LogP contribution in [0.5, 0.6) is 0 Å². The second kappa shape index (κ2) is 7.93. The van der Waals surface area contributed by atoms with Gasteiger partial charge in [0.15, 0.2) is 0 Å². The Bertz CT molecular complexity index is 758. The number of ether oxygens (including phenoxy) is 2. The first-order valence-electron chi connectivity index (χ1n) is 8.20. The van der Waals surface area contributed by atoms with E-state index in [0.717, 1.165) is 11.3 Å². The molecule has 8 nitrogen and oxygen atoms in total. The van der Waals surface area contributed by atoms with E-state index in [1.165, 1.54) is 17.5 Å². The van der Waals surface area contributed by atoms with Gasteiger partial charge >= 0.3 is 12.1 Å². The summed E-state index contributed by atoms with van der Waals surface area (Å²) >= 11 is 1.03. The fourth-order valence-electron chi connectivity index (χ4n) is 2.60. The maximum atomic E-state index is 12.8. The van der Waals surface area contributed by atoms with Crippen LogP contribution < -0.4 is 5.32 Å². The molecule has 26 heavy (non-hydrogen) atoms. The molecule has 146 valence electrons. The highest BCUT2D eigenvalue weighted by molar-refractivity contribution is 7.89. The van der Waals surface area contributed by atoms with Gasteiger partial charge in [-0.2, -0.15) is 4.31 Å². The van der Waals surface area contributed by atoms with Crippen LogP contribution in [0.4, 0.5) is 4.79 Å². The maximum absolute atomic E-state index is 12.8. The van der Waals surface area contributed by atoms with Crippen LogP contribution in [0.15, 0.2) is 16.3 Å². The van der Waals surface area contributed by atoms with Gasteiger partial charge in [-0.15, -0.1) is 11.3 Å². The number of hydrogen-bond acceptors (Lipinski definition) is 7. The average molecular weight is 405 g/mol. The number of esters is 1. The molecular weight excluding hydrogens is 380 g/mol. The molecule has 0 unspecified atom stereocenters. The Morgan fingerprint density at radius 3 is 2.42 bits per heavy atom. The van der Waals surface area contributed by atoms with Gasteiger partial charge in [-0.25, -0.2) is 18.0 Å². The van der Waals surface area contributed by atoms with Crippen molar-refractivity contribution in [2.75, 3.05) is 20.2 Å². The summed E-state index contributed by atoms with van der Waals surface area (Å²) < 4.78 is 36.8. The molecule has 0 aliphatic carbocycles. The van der Waals surface area contributed by atoms with E-state index in [9.17, 15) is 18.0 Å². The number of piperidine rings is 1. The average Bonchev–Trinajstić information content (AvgIpc) is 3.03. The number of thiophene rings is 1. The van der Waals surface area contributed by atoms with Crippen molar-refractivity contribution in [3.8, 4) is 0 Å². The number of nitrogens with one attached hydrogen (secondary N) is 1. The number of methoxy groups -OCH3 is 1. The van der Waals surface area contributed by atoms with E-state index in [1.54, 1.807) is 26.2 Å². The van der Waals surface area contributed by atoms with Crippen molar-refractivity contribution < 1.29 is 27.5 Å². The van der Waals surface area contributed by atoms with E-state index in [0.29, 0.717) is 12.8 Å². The van der Waals surface area contributed by atoms with Crippen LogP contribution in [0, 0.1) is 0 Å². The second-order valence-electron chi connectivity index (χ2n) is 6.93. The number of carbonyl (C=O) groups excluding carboxylic acids is 2. The second-order valence-corrected chi connectivity index (χ2v) is 9.75. The quantitative estimate of drug-likeness (QED) is 0.772. The van der Waals surface area contributed by atoms with Crippen molar-refractivity contribution >= 4 is 33.4 Å². The van der Waals surface area contributed by atoms with Gasteiger partial charge in [0.25, 0.3) is 0 Å². The molecule has 2 heterocycles. The number of sulfonamides is 1. The Balaban J connectivity index is 2.00. The maximum Gasteiger partial charge on any atom is 0.407 e. The summed E-state index contributed by atoms with van der Waals surface area (Å²) in [6.45, 7) is 5.84. The highest BCUT2D eigenvalue weighted by Crippen LogP contribution is 2.28. The molecule has 0 aromatic carbocycles. The van der Waals surface area contributed by atoms with Gasteiger partial charge in [0.2, 0.25) is 10.0 Å². The lowest BCUT2D eigenvalue weighted by Gasteiger charge is -2.32. The Morgan fingerprint density at radius 2 is 1.88 bits per heavy atom. The van der Waals surface area contributed by atoms with E-state index < -0.39 is 27.7 Å². The van der Waals surface area contributed by atoms with Crippen LogP contribution in [-0.4, -0.2) is 56.6 Å². The molecule has 1 aliphatic heterocycles. The molecule has 1 aromatic heterocycles. The Labute approximate surface area is 157 Å². The number of carbonyl (C=O) groups is 2. The first kappa shape index (κ1) is 20.7. The van der Waals surface area contributed by atoms with Crippen molar-refractivity contribution in [2.24, 2.45) is 0 Å². The van der Waals surface area contributed by atoms with Crippen molar-refractivity contribution in [1.82, 2.24) is 9.62 Å². The minimum absolute atomic E-state index is 0.0344. The highest BCUT2D eigenvalue weighted by atomic mass is 32.2. The molecular formula is C16H24N2O6S2. The van der Waals surface area contributed by atoms with Crippen LogP contribution in [0.2, 0.25) is 0 Å². The Kier molecular flexibility index (Phi) is 6.30. The molecule has 0 atom stereocenters. The minimum atomic E-state index is -3.79. The summed E-state index contributed by atoms with van der Waals surface area (Å²) in [4.78, 5) is 23.6. The topological polar surface area (TPSA) is 102 Å². The summed E-state index contributed by atoms with van der Waals surface area (Å²) in [7, 11) is -2.57. The molecule has 10 heteroatoms. The van der Waals surface area contributed by atoms with Crippen LogP contribution in [0.3, 0.4) is 0 Å². The van der Waals surface area contributed by atoms with Gasteiger partial charge in [0, 0.05) is 19.1 Å². The number of nitrogens with zero attached hydrogens (tertiary/aromatic N) is 1. The first-order chi connectivity index (χ1) is 12.0. The number of amides is 1. The molecule has 1 saturated heterocycles. The van der Waals surface area contributed by atoms with Gasteiger partial charge in [0.05, 0.1) is 7.11 Å². The smallest absolute Gasteiger partial charge is 0.407 e. The normalized spacial score (nSPS) is 16.9. The number of rotatable bonds is 4. The van der Waals surface area contributed by atoms with Gasteiger partial charge in [-0.05, 0) is 45.1 Å². The molecule has 1 N–H and O–H groups in total. The summed E-state index contributed by atoms with van der Waals surface area (Å²) in [6.07, 6.45) is 0.427. The SMILES string of the molecule is COC(=O)c1sccc1S(=O)(=O)N1CCC(NC(=O)OC(C)(C)C)CC1. The molecule has 1 aliphatic rings. The Hall–Kier alpha value is -1.65. The molecule has 1 fully saturated rings. The minimum Gasteiger partial charge on any atom is -0.465 e. The molecule has 0 saturated carbocycles. The standard InChI is InChI=1S/C16H24N2O6S2/c1-16(2,3)24-15(20)17-11-5-8-18(9-6-11)26(21,22)12-7-10-25-13(12)14(19)23-4/h7,10-11H,5-6,8-9H2,1-4H3,(H,17,20). The highest BCUT2D eigenvalue weighted by Gasteiger charge is 2.34. The molecule has 0 spiro atoms. The van der Waals surface area contributed by atoms with Crippen LogP contribution >= 0.6 is 11.3 Å². The van der Waals surface area contributed by atoms with E-state index in [1.807, 2.05) is 0 Å². The van der Waals surface area contributed by atoms with E-state index >= 15 is 0 Å². The van der Waals surface area contributed by atoms with Crippen molar-refractivity contribution in [3.05, 3.63) is 16.3 Å². The number of alkyl carbamates (subject to hydrolysis) is 1. The summed E-state index contributed by atoms with van der Waals surface area (Å²) in [6, 6.07) is 1.26. The zero-order chi connectivity index (χ0) is 19.5. The molecule has 1 amide bonds. The summed E-state index contributed by atoms with van der Waals surface area (Å²) in [5, 5.41) is 4.32. The zero-order valence-corrected chi connectivity index (χ0v) is 16.9. The third kappa shape index (κ3) is 4.95. The van der Waals surface area contributed by atoms with Gasteiger partial charge in [-0.1, -0.05) is 0 Å². The van der Waals surface area contributed by atoms with Crippen molar-refractivity contribution in [3.63, 3.8) is 0 Å². The lowest BCUT2D eigenvalue weighted by atomic mass is 10.1.